The maximum Gasteiger partial charge on any atom is 0.200 e. The van der Waals surface area contributed by atoms with Crippen LogP contribution >= 0.6 is 0 Å². The number of anilines is 1. The van der Waals surface area contributed by atoms with Gasteiger partial charge in [-0.2, -0.15) is 0 Å². The van der Waals surface area contributed by atoms with E-state index in [0.717, 1.165) is 0 Å². The minimum absolute atomic E-state index is 0.0163. The SMILES string of the molecule is CN(C)c1nccc2c(=O)c3ccccc3oc12. The van der Waals surface area contributed by atoms with E-state index in [9.17, 15) is 4.79 Å². The number of aromatic nitrogens is 1. The van der Waals surface area contributed by atoms with Gasteiger partial charge in [0, 0.05) is 20.3 Å². The van der Waals surface area contributed by atoms with Gasteiger partial charge in [-0.3, -0.25) is 4.79 Å². The molecule has 0 spiro atoms. The number of hydrogen-bond donors (Lipinski definition) is 0. The normalized spacial score (nSPS) is 11.0. The number of nitrogens with zero attached hydrogens (tertiary/aromatic N) is 2. The predicted octanol–water partition coefficient (Wildman–Crippen LogP) is 2.41. The molecule has 0 fully saturated rings. The van der Waals surface area contributed by atoms with Gasteiger partial charge in [0.1, 0.15) is 5.58 Å². The molecule has 0 N–H and O–H groups in total. The van der Waals surface area contributed by atoms with E-state index >= 15 is 0 Å². The van der Waals surface area contributed by atoms with E-state index in [2.05, 4.69) is 4.98 Å². The van der Waals surface area contributed by atoms with Crippen molar-refractivity contribution < 1.29 is 4.42 Å². The molecular weight excluding hydrogens is 228 g/mol. The van der Waals surface area contributed by atoms with Crippen molar-refractivity contribution in [1.82, 2.24) is 4.98 Å². The van der Waals surface area contributed by atoms with Gasteiger partial charge in [-0.15, -0.1) is 0 Å². The summed E-state index contributed by atoms with van der Waals surface area (Å²) >= 11 is 0. The Morgan fingerprint density at radius 3 is 2.67 bits per heavy atom. The lowest BCUT2D eigenvalue weighted by molar-refractivity contribution is 0.657. The van der Waals surface area contributed by atoms with Crippen molar-refractivity contribution in [1.29, 1.82) is 0 Å². The average Bonchev–Trinajstić information content (AvgIpc) is 2.38. The fourth-order valence-electron chi connectivity index (χ4n) is 2.03. The van der Waals surface area contributed by atoms with Crippen molar-refractivity contribution in [3.8, 4) is 0 Å². The highest BCUT2D eigenvalue weighted by molar-refractivity contribution is 5.94. The maximum absolute atomic E-state index is 12.4. The molecule has 0 radical (unpaired) electrons. The molecule has 0 unspecified atom stereocenters. The molecule has 0 amide bonds. The molecule has 0 aliphatic carbocycles. The van der Waals surface area contributed by atoms with Crippen LogP contribution in [0.25, 0.3) is 21.9 Å². The zero-order valence-electron chi connectivity index (χ0n) is 10.2. The summed E-state index contributed by atoms with van der Waals surface area (Å²) in [5.41, 5.74) is 1.11. The second-order valence-corrected chi connectivity index (χ2v) is 4.33. The first kappa shape index (κ1) is 10.8. The van der Waals surface area contributed by atoms with E-state index in [1.54, 1.807) is 24.4 Å². The largest absolute Gasteiger partial charge is 0.452 e. The minimum Gasteiger partial charge on any atom is -0.452 e. The smallest absolute Gasteiger partial charge is 0.200 e. The first-order valence-electron chi connectivity index (χ1n) is 5.66. The van der Waals surface area contributed by atoms with E-state index in [1.807, 2.05) is 31.1 Å². The summed E-state index contributed by atoms with van der Waals surface area (Å²) in [4.78, 5) is 18.4. The van der Waals surface area contributed by atoms with Gasteiger partial charge in [0.25, 0.3) is 0 Å². The summed E-state index contributed by atoms with van der Waals surface area (Å²) in [5, 5.41) is 1.16. The second-order valence-electron chi connectivity index (χ2n) is 4.33. The molecular formula is C14H12N2O2. The van der Waals surface area contributed by atoms with Crippen LogP contribution in [0.3, 0.4) is 0 Å². The molecule has 0 atom stereocenters. The molecule has 3 aromatic rings. The molecule has 4 heteroatoms. The van der Waals surface area contributed by atoms with Crippen molar-refractivity contribution >= 4 is 27.8 Å². The molecule has 90 valence electrons. The summed E-state index contributed by atoms with van der Waals surface area (Å²) < 4.78 is 5.82. The quantitative estimate of drug-likeness (QED) is 0.613. The van der Waals surface area contributed by atoms with Gasteiger partial charge in [-0.25, -0.2) is 4.98 Å². The fourth-order valence-corrected chi connectivity index (χ4v) is 2.03. The Morgan fingerprint density at radius 2 is 1.89 bits per heavy atom. The highest BCUT2D eigenvalue weighted by Gasteiger charge is 2.12. The Bertz CT molecular complexity index is 791. The number of para-hydroxylation sites is 1. The van der Waals surface area contributed by atoms with E-state index < -0.39 is 0 Å². The van der Waals surface area contributed by atoms with Gasteiger partial charge in [-0.05, 0) is 18.2 Å². The molecule has 18 heavy (non-hydrogen) atoms. The Morgan fingerprint density at radius 1 is 1.11 bits per heavy atom. The zero-order valence-corrected chi connectivity index (χ0v) is 10.2. The second kappa shape index (κ2) is 3.84. The van der Waals surface area contributed by atoms with Gasteiger partial charge in [-0.1, -0.05) is 12.1 Å². The first-order chi connectivity index (χ1) is 8.68. The van der Waals surface area contributed by atoms with Crippen LogP contribution in [0.4, 0.5) is 5.82 Å². The Balaban J connectivity index is 2.56. The van der Waals surface area contributed by atoms with E-state index in [4.69, 9.17) is 4.42 Å². The Hall–Kier alpha value is -2.36. The summed E-state index contributed by atoms with van der Waals surface area (Å²) in [6, 6.07) is 8.95. The van der Waals surface area contributed by atoms with Crippen LogP contribution in [0.15, 0.2) is 45.7 Å². The lowest BCUT2D eigenvalue weighted by atomic mass is 10.1. The van der Waals surface area contributed by atoms with Gasteiger partial charge in [0.2, 0.25) is 5.43 Å². The maximum atomic E-state index is 12.4. The van der Waals surface area contributed by atoms with E-state index in [0.29, 0.717) is 27.8 Å². The Labute approximate surface area is 103 Å². The van der Waals surface area contributed by atoms with Crippen LogP contribution < -0.4 is 10.3 Å². The van der Waals surface area contributed by atoms with Crippen molar-refractivity contribution in [2.45, 2.75) is 0 Å². The molecule has 3 rings (SSSR count). The first-order valence-corrected chi connectivity index (χ1v) is 5.66. The fraction of sp³-hybridized carbons (Fsp3) is 0.143. The monoisotopic (exact) mass is 240 g/mol. The summed E-state index contributed by atoms with van der Waals surface area (Å²) in [6.45, 7) is 0. The van der Waals surface area contributed by atoms with Gasteiger partial charge in [0.05, 0.1) is 10.8 Å². The number of benzene rings is 1. The van der Waals surface area contributed by atoms with Crippen LogP contribution in [0.5, 0.6) is 0 Å². The molecule has 2 heterocycles. The predicted molar refractivity (Wildman–Crippen MR) is 72.1 cm³/mol. The van der Waals surface area contributed by atoms with Gasteiger partial charge < -0.3 is 9.32 Å². The lowest BCUT2D eigenvalue weighted by Gasteiger charge is -2.12. The van der Waals surface area contributed by atoms with Crippen LogP contribution in [-0.2, 0) is 0 Å². The molecule has 2 aromatic heterocycles. The third-order valence-corrected chi connectivity index (χ3v) is 2.90. The van der Waals surface area contributed by atoms with Crippen LogP contribution in [0.1, 0.15) is 0 Å². The van der Waals surface area contributed by atoms with Crippen LogP contribution in [0.2, 0.25) is 0 Å². The van der Waals surface area contributed by atoms with Crippen molar-refractivity contribution in [2.75, 3.05) is 19.0 Å². The highest BCUT2D eigenvalue weighted by atomic mass is 16.3. The third kappa shape index (κ3) is 1.46. The molecule has 1 aromatic carbocycles. The number of pyridine rings is 1. The van der Waals surface area contributed by atoms with Crippen LogP contribution in [0, 0.1) is 0 Å². The molecule has 0 saturated carbocycles. The lowest BCUT2D eigenvalue weighted by Crippen LogP contribution is -2.12. The zero-order chi connectivity index (χ0) is 12.7. The highest BCUT2D eigenvalue weighted by Crippen LogP contribution is 2.24. The third-order valence-electron chi connectivity index (χ3n) is 2.90. The van der Waals surface area contributed by atoms with E-state index in [1.165, 1.54) is 0 Å². The summed E-state index contributed by atoms with van der Waals surface area (Å²) in [5.74, 6) is 0.662. The summed E-state index contributed by atoms with van der Waals surface area (Å²) in [7, 11) is 3.74. The van der Waals surface area contributed by atoms with Crippen molar-refractivity contribution in [3.63, 3.8) is 0 Å². The van der Waals surface area contributed by atoms with Crippen molar-refractivity contribution in [2.24, 2.45) is 0 Å². The number of rotatable bonds is 1. The average molecular weight is 240 g/mol. The van der Waals surface area contributed by atoms with Crippen molar-refractivity contribution in [3.05, 3.63) is 46.8 Å². The molecule has 0 bridgehead atoms. The molecule has 0 saturated heterocycles. The number of fused-ring (bicyclic) bond motifs is 2. The van der Waals surface area contributed by atoms with E-state index in [-0.39, 0.29) is 5.43 Å². The van der Waals surface area contributed by atoms with Gasteiger partial charge in [0.15, 0.2) is 11.4 Å². The number of hydrogen-bond acceptors (Lipinski definition) is 4. The van der Waals surface area contributed by atoms with Gasteiger partial charge >= 0.3 is 0 Å². The molecule has 0 aliphatic rings. The molecule has 0 aliphatic heterocycles. The van der Waals surface area contributed by atoms with Crippen LogP contribution in [-0.4, -0.2) is 19.1 Å². The Kier molecular flexibility index (Phi) is 2.30. The summed E-state index contributed by atoms with van der Waals surface area (Å²) in [6.07, 6.45) is 1.63. The minimum atomic E-state index is -0.0163. The standard InChI is InChI=1S/C14H12N2O2/c1-16(2)14-13-10(7-8-15-14)12(17)9-5-3-4-6-11(9)18-13/h3-8H,1-2H3. The molecule has 4 nitrogen and oxygen atoms in total. The topological polar surface area (TPSA) is 46.3 Å².